The Bertz CT molecular complexity index is 1680. The lowest BCUT2D eigenvalue weighted by atomic mass is 10.1. The van der Waals surface area contributed by atoms with Crippen LogP contribution in [0.25, 0.3) is 16.9 Å². The minimum atomic E-state index is -1.17. The van der Waals surface area contributed by atoms with E-state index in [1.165, 1.54) is 10.9 Å². The number of benzene rings is 1. The number of aliphatic carboxylic acids is 1. The van der Waals surface area contributed by atoms with E-state index in [9.17, 15) is 14.7 Å². The number of carbonyl (C=O) groups is 1. The number of ether oxygens (including phenoxy) is 1. The molecule has 232 valence electrons. The molecule has 0 amide bonds. The quantitative estimate of drug-likeness (QED) is 0.205. The number of hydrogen-bond acceptors (Lipinski definition) is 10. The highest BCUT2D eigenvalue weighted by Gasteiger charge is 2.22. The third-order valence-corrected chi connectivity index (χ3v) is 7.54. The van der Waals surface area contributed by atoms with Crippen LogP contribution in [0.15, 0.2) is 66.1 Å². The van der Waals surface area contributed by atoms with E-state index >= 15 is 0 Å². The zero-order valence-electron chi connectivity index (χ0n) is 25.2. The molecular weight excluding hydrogens is 564 g/mol. The lowest BCUT2D eigenvalue weighted by molar-refractivity contribution is -0.149. The minimum Gasteiger partial charge on any atom is -0.479 e. The van der Waals surface area contributed by atoms with Crippen LogP contribution in [-0.4, -0.2) is 90.8 Å². The number of piperazine rings is 1. The lowest BCUT2D eigenvalue weighted by Gasteiger charge is -2.36. The number of hydrogen-bond donors (Lipinski definition) is 3. The summed E-state index contributed by atoms with van der Waals surface area (Å²) in [5.41, 5.74) is 1.29. The average Bonchev–Trinajstić information content (AvgIpc) is 3.28. The van der Waals surface area contributed by atoms with Gasteiger partial charge in [-0.1, -0.05) is 12.1 Å². The van der Waals surface area contributed by atoms with Crippen LogP contribution in [0, 0.1) is 0 Å². The number of pyridine rings is 1. The number of anilines is 3. The maximum Gasteiger partial charge on any atom is 0.332 e. The summed E-state index contributed by atoms with van der Waals surface area (Å²) < 4.78 is 8.48. The monoisotopic (exact) mass is 602 g/mol. The van der Waals surface area contributed by atoms with Crippen molar-refractivity contribution in [2.24, 2.45) is 0 Å². The molecule has 1 fully saturated rings. The highest BCUT2D eigenvalue weighted by Crippen LogP contribution is 2.24. The summed E-state index contributed by atoms with van der Waals surface area (Å²) in [6.45, 7) is 13.4. The largest absolute Gasteiger partial charge is 0.479 e. The van der Waals surface area contributed by atoms with Gasteiger partial charge >= 0.3 is 5.97 Å². The summed E-state index contributed by atoms with van der Waals surface area (Å²) in [4.78, 5) is 42.5. The van der Waals surface area contributed by atoms with Crippen molar-refractivity contribution in [1.29, 1.82) is 0 Å². The number of nitrogens with one attached hydrogen (secondary N) is 1. The lowest BCUT2D eigenvalue weighted by Crippen LogP contribution is -2.47. The van der Waals surface area contributed by atoms with E-state index in [1.807, 2.05) is 24.3 Å². The summed E-state index contributed by atoms with van der Waals surface area (Å²) in [6, 6.07) is 13.3. The Kier molecular flexibility index (Phi) is 9.09. The van der Waals surface area contributed by atoms with Crippen molar-refractivity contribution in [3.8, 4) is 5.82 Å². The van der Waals surface area contributed by atoms with Crippen LogP contribution in [0.4, 0.5) is 17.3 Å². The van der Waals surface area contributed by atoms with Gasteiger partial charge in [-0.25, -0.2) is 24.1 Å². The molecule has 13 heteroatoms. The smallest absolute Gasteiger partial charge is 0.332 e. The molecule has 0 saturated carbocycles. The molecule has 4 aromatic rings. The van der Waals surface area contributed by atoms with E-state index in [4.69, 9.17) is 14.8 Å². The molecule has 0 radical (unpaired) electrons. The predicted octanol–water partition coefficient (Wildman–Crippen LogP) is 2.75. The first-order valence-corrected chi connectivity index (χ1v) is 14.5. The van der Waals surface area contributed by atoms with Crippen LogP contribution < -0.4 is 15.8 Å². The predicted molar refractivity (Wildman–Crippen MR) is 168 cm³/mol. The van der Waals surface area contributed by atoms with Crippen molar-refractivity contribution in [1.82, 2.24) is 29.2 Å². The first-order chi connectivity index (χ1) is 21.0. The summed E-state index contributed by atoms with van der Waals surface area (Å²) in [7, 11) is 0. The Morgan fingerprint density at radius 1 is 1.14 bits per heavy atom. The van der Waals surface area contributed by atoms with Gasteiger partial charge in [0.15, 0.2) is 17.6 Å². The summed E-state index contributed by atoms with van der Waals surface area (Å²) in [5, 5.41) is 23.1. The second-order valence-electron chi connectivity index (χ2n) is 11.2. The van der Waals surface area contributed by atoms with Crippen LogP contribution in [0.2, 0.25) is 0 Å². The van der Waals surface area contributed by atoms with Gasteiger partial charge in [-0.2, -0.15) is 4.98 Å². The fraction of sp³-hybridized carbons (Fsp3) is 0.387. The molecule has 5 rings (SSSR count). The van der Waals surface area contributed by atoms with Crippen molar-refractivity contribution >= 4 is 34.3 Å². The first kappa shape index (κ1) is 30.9. The number of carboxylic acid groups (broad SMARTS) is 1. The molecule has 1 aromatic carbocycles. The molecule has 1 aliphatic heterocycles. The van der Waals surface area contributed by atoms with E-state index in [0.29, 0.717) is 41.6 Å². The molecule has 0 bridgehead atoms. The van der Waals surface area contributed by atoms with Crippen LogP contribution in [0.3, 0.4) is 0 Å². The Labute approximate surface area is 255 Å². The van der Waals surface area contributed by atoms with E-state index in [1.54, 1.807) is 49.7 Å². The number of carboxylic acids is 1. The second kappa shape index (κ2) is 13.0. The molecule has 1 aliphatic rings. The summed E-state index contributed by atoms with van der Waals surface area (Å²) >= 11 is 0. The van der Waals surface area contributed by atoms with Crippen molar-refractivity contribution in [3.63, 3.8) is 0 Å². The molecule has 4 heterocycles. The van der Waals surface area contributed by atoms with Gasteiger partial charge in [0.1, 0.15) is 11.0 Å². The molecule has 3 aromatic heterocycles. The number of nitrogens with zero attached hydrogens (tertiary/aromatic N) is 7. The number of rotatable bonds is 12. The third-order valence-electron chi connectivity index (χ3n) is 7.54. The first-order valence-electron chi connectivity index (χ1n) is 14.5. The van der Waals surface area contributed by atoms with Crippen molar-refractivity contribution in [2.45, 2.75) is 39.0 Å². The van der Waals surface area contributed by atoms with Crippen LogP contribution in [0.5, 0.6) is 0 Å². The average molecular weight is 603 g/mol. The Morgan fingerprint density at radius 2 is 1.86 bits per heavy atom. The topological polar surface area (TPSA) is 151 Å². The van der Waals surface area contributed by atoms with Gasteiger partial charge in [0.05, 0.1) is 18.8 Å². The number of aromatic nitrogens is 5. The Hall–Kier alpha value is -4.59. The third kappa shape index (κ3) is 6.80. The Morgan fingerprint density at radius 3 is 2.52 bits per heavy atom. The SMILES string of the molecule is C=CCn1c(=O)c2cnc(Nc3ccc(N4CCN(CCOC(C)C(=O)O)CC4)cc3)nc2n1-c1cccc(C(C)(C)O)n1. The van der Waals surface area contributed by atoms with E-state index in [0.717, 1.165) is 37.6 Å². The van der Waals surface area contributed by atoms with E-state index in [2.05, 4.69) is 31.7 Å². The van der Waals surface area contributed by atoms with Crippen LogP contribution in [0.1, 0.15) is 26.5 Å². The van der Waals surface area contributed by atoms with Gasteiger partial charge in [-0.3, -0.25) is 9.69 Å². The standard InChI is InChI=1S/C31H38N8O5/c1-5-13-38-28(40)24-20-32-30(35-27(24)39(38)26-8-6-7-25(34-26)31(3,4)43)33-22-9-11-23(12-10-22)37-16-14-36(15-17-37)18-19-44-21(2)29(41)42/h5-12,20-21,43H,1,13-19H2,2-4H3,(H,41,42)(H,32,33,35). The fourth-order valence-electron chi connectivity index (χ4n) is 5.03. The number of fused-ring (bicyclic) bond motifs is 1. The van der Waals surface area contributed by atoms with Gasteiger partial charge in [0.25, 0.3) is 5.56 Å². The molecular formula is C31H38N8O5. The molecule has 44 heavy (non-hydrogen) atoms. The van der Waals surface area contributed by atoms with Crippen LogP contribution in [-0.2, 0) is 21.7 Å². The van der Waals surface area contributed by atoms with Gasteiger partial charge in [-0.05, 0) is 57.2 Å². The highest BCUT2D eigenvalue weighted by molar-refractivity contribution is 5.77. The highest BCUT2D eigenvalue weighted by atomic mass is 16.5. The van der Waals surface area contributed by atoms with Crippen molar-refractivity contribution in [2.75, 3.05) is 49.5 Å². The van der Waals surface area contributed by atoms with E-state index in [-0.39, 0.29) is 12.1 Å². The second-order valence-corrected chi connectivity index (χ2v) is 11.2. The molecule has 0 aliphatic carbocycles. The minimum absolute atomic E-state index is 0.236. The molecule has 13 nitrogen and oxygen atoms in total. The molecule has 1 atom stereocenters. The molecule has 1 saturated heterocycles. The van der Waals surface area contributed by atoms with Gasteiger partial charge < -0.3 is 25.2 Å². The zero-order chi connectivity index (χ0) is 31.4. The molecule has 1 unspecified atom stereocenters. The summed E-state index contributed by atoms with van der Waals surface area (Å²) in [6.07, 6.45) is 2.33. The van der Waals surface area contributed by atoms with Gasteiger partial charge in [-0.15, -0.1) is 6.58 Å². The maximum atomic E-state index is 13.3. The summed E-state index contributed by atoms with van der Waals surface area (Å²) in [5.74, 6) is -0.190. The van der Waals surface area contributed by atoms with Crippen molar-refractivity contribution < 1.29 is 19.7 Å². The Balaban J connectivity index is 1.30. The fourth-order valence-corrected chi connectivity index (χ4v) is 5.03. The molecule has 0 spiro atoms. The number of aliphatic hydroxyl groups is 1. The maximum absolute atomic E-state index is 13.3. The van der Waals surface area contributed by atoms with Crippen LogP contribution >= 0.6 is 0 Å². The molecule has 3 N–H and O–H groups in total. The van der Waals surface area contributed by atoms with Gasteiger partial charge in [0.2, 0.25) is 5.95 Å². The van der Waals surface area contributed by atoms with Gasteiger partial charge in [0, 0.05) is 50.3 Å². The normalized spacial score (nSPS) is 15.0. The van der Waals surface area contributed by atoms with E-state index < -0.39 is 17.7 Å². The zero-order valence-corrected chi connectivity index (χ0v) is 25.2. The van der Waals surface area contributed by atoms with Crippen molar-refractivity contribution in [3.05, 3.63) is 77.4 Å². The number of allylic oxidation sites excluding steroid dienone is 1.